The van der Waals surface area contributed by atoms with Crippen LogP contribution in [0.3, 0.4) is 0 Å². The summed E-state index contributed by atoms with van der Waals surface area (Å²) < 4.78 is 34.2. The molecule has 0 unspecified atom stereocenters. The Morgan fingerprint density at radius 1 is 0.969 bits per heavy atom. The van der Waals surface area contributed by atoms with Crippen molar-refractivity contribution in [3.63, 3.8) is 0 Å². The summed E-state index contributed by atoms with van der Waals surface area (Å²) in [6.45, 7) is 0.105. The monoisotopic (exact) mass is 433 g/mol. The van der Waals surface area contributed by atoms with E-state index in [0.717, 1.165) is 5.56 Å². The highest BCUT2D eigenvalue weighted by Gasteiger charge is 2.12. The Labute approximate surface area is 182 Å². The number of halogens is 2. The first kappa shape index (κ1) is 20.9. The number of hydrogen-bond donors (Lipinski definition) is 1. The van der Waals surface area contributed by atoms with Crippen LogP contribution in [0.2, 0.25) is 0 Å². The molecule has 0 radical (unpaired) electrons. The highest BCUT2D eigenvalue weighted by molar-refractivity contribution is 5.87. The number of ether oxygens (including phenoxy) is 1. The molecule has 0 amide bonds. The first-order valence-corrected chi connectivity index (χ1v) is 9.58. The van der Waals surface area contributed by atoms with Crippen molar-refractivity contribution in [2.75, 3.05) is 0 Å². The maximum absolute atomic E-state index is 13.8. The van der Waals surface area contributed by atoms with E-state index in [4.69, 9.17) is 4.74 Å². The number of aromatic carboxylic acids is 1. The van der Waals surface area contributed by atoms with E-state index in [1.165, 1.54) is 53.5 Å². The third-order valence-electron chi connectivity index (χ3n) is 4.63. The second-order valence-electron chi connectivity index (χ2n) is 6.81. The molecule has 0 aliphatic rings. The number of carboxylic acid groups (broad SMARTS) is 1. The summed E-state index contributed by atoms with van der Waals surface area (Å²) in [4.78, 5) is 15.4. The van der Waals surface area contributed by atoms with Gasteiger partial charge in [0.15, 0.2) is 5.82 Å². The quantitative estimate of drug-likeness (QED) is 0.416. The van der Waals surface area contributed by atoms with Crippen LogP contribution in [-0.2, 0) is 6.61 Å². The van der Waals surface area contributed by atoms with Crippen molar-refractivity contribution in [1.29, 1.82) is 0 Å². The van der Waals surface area contributed by atoms with Gasteiger partial charge in [-0.2, -0.15) is 9.78 Å². The van der Waals surface area contributed by atoms with Crippen LogP contribution in [0, 0.1) is 11.6 Å². The van der Waals surface area contributed by atoms with Crippen LogP contribution in [0.4, 0.5) is 8.78 Å². The Morgan fingerprint density at radius 3 is 2.53 bits per heavy atom. The highest BCUT2D eigenvalue weighted by atomic mass is 19.1. The van der Waals surface area contributed by atoms with E-state index in [0.29, 0.717) is 22.8 Å². The minimum absolute atomic E-state index is 0.0724. The molecular formula is C24H17F2N3O3. The smallest absolute Gasteiger partial charge is 0.335 e. The molecule has 0 aliphatic heterocycles. The molecule has 0 spiro atoms. The third-order valence-corrected chi connectivity index (χ3v) is 4.63. The van der Waals surface area contributed by atoms with Crippen LogP contribution in [-0.4, -0.2) is 25.8 Å². The Hall–Kier alpha value is -4.33. The average molecular weight is 433 g/mol. The van der Waals surface area contributed by atoms with E-state index in [1.807, 2.05) is 0 Å². The Balaban J connectivity index is 1.55. The first-order valence-electron chi connectivity index (χ1n) is 9.58. The third kappa shape index (κ3) is 4.86. The van der Waals surface area contributed by atoms with Crippen LogP contribution in [0.25, 0.3) is 18.0 Å². The molecule has 0 atom stereocenters. The largest absolute Gasteiger partial charge is 0.478 e. The fraction of sp³-hybridized carbons (Fsp3) is 0.0417. The molecule has 4 rings (SSSR count). The molecule has 2 heterocycles. The molecule has 0 bridgehead atoms. The number of benzene rings is 2. The first-order chi connectivity index (χ1) is 15.5. The minimum atomic E-state index is -1.08. The van der Waals surface area contributed by atoms with Gasteiger partial charge in [-0.05, 0) is 53.1 Å². The van der Waals surface area contributed by atoms with Gasteiger partial charge < -0.3 is 9.84 Å². The van der Waals surface area contributed by atoms with E-state index < -0.39 is 11.8 Å². The van der Waals surface area contributed by atoms with E-state index >= 15 is 0 Å². The number of nitrogens with zero attached hydrogens (tertiary/aromatic N) is 3. The molecular weight excluding hydrogens is 416 g/mol. The lowest BCUT2D eigenvalue weighted by Crippen LogP contribution is -2.07. The zero-order chi connectivity index (χ0) is 22.5. The van der Waals surface area contributed by atoms with Gasteiger partial charge in [0, 0.05) is 12.3 Å². The number of carbonyl (C=O) groups is 1. The van der Waals surface area contributed by atoms with Gasteiger partial charge in [-0.1, -0.05) is 30.4 Å². The van der Waals surface area contributed by atoms with Crippen LogP contribution in [0.5, 0.6) is 5.88 Å². The maximum atomic E-state index is 13.8. The summed E-state index contributed by atoms with van der Waals surface area (Å²) in [6, 6.07) is 14.7. The van der Waals surface area contributed by atoms with Gasteiger partial charge in [0.1, 0.15) is 18.2 Å². The lowest BCUT2D eigenvalue weighted by Gasteiger charge is -2.11. The lowest BCUT2D eigenvalue weighted by atomic mass is 10.1. The van der Waals surface area contributed by atoms with Crippen molar-refractivity contribution >= 4 is 18.1 Å². The second kappa shape index (κ2) is 9.22. The summed E-state index contributed by atoms with van der Waals surface area (Å²) in [6.07, 6.45) is 6.36. The van der Waals surface area contributed by atoms with Gasteiger partial charge >= 0.3 is 5.97 Å². The molecule has 2 aromatic carbocycles. The number of pyridine rings is 1. The van der Waals surface area contributed by atoms with Crippen LogP contribution >= 0.6 is 0 Å². The van der Waals surface area contributed by atoms with Gasteiger partial charge in [-0.25, -0.2) is 18.6 Å². The summed E-state index contributed by atoms with van der Waals surface area (Å²) >= 11 is 0. The van der Waals surface area contributed by atoms with Crippen molar-refractivity contribution in [3.05, 3.63) is 107 Å². The predicted octanol–water partition coefficient (Wildman–Crippen LogP) is 4.99. The average Bonchev–Trinajstić information content (AvgIpc) is 3.27. The molecule has 0 saturated heterocycles. The standard InChI is InChI=1S/C24H17F2N3O3/c25-20-6-2-16(3-7-20)1-4-17-13-21(26)8-5-19(17)15-32-23-10-12-28-29(23)22-14-18(24(30)31)9-11-27-22/h1-14H,15H2,(H,30,31). The lowest BCUT2D eigenvalue weighted by molar-refractivity contribution is 0.0696. The number of carboxylic acids is 1. The fourth-order valence-electron chi connectivity index (χ4n) is 3.00. The summed E-state index contributed by atoms with van der Waals surface area (Å²) in [5.74, 6) is -1.17. The molecule has 0 fully saturated rings. The zero-order valence-corrected chi connectivity index (χ0v) is 16.7. The highest BCUT2D eigenvalue weighted by Crippen LogP contribution is 2.21. The van der Waals surface area contributed by atoms with Gasteiger partial charge in [0.05, 0.1) is 11.8 Å². The van der Waals surface area contributed by atoms with Crippen LogP contribution in [0.15, 0.2) is 73.1 Å². The van der Waals surface area contributed by atoms with Crippen molar-refractivity contribution < 1.29 is 23.4 Å². The Morgan fingerprint density at radius 2 is 1.75 bits per heavy atom. The van der Waals surface area contributed by atoms with Crippen molar-refractivity contribution in [2.24, 2.45) is 0 Å². The van der Waals surface area contributed by atoms with Gasteiger partial charge in [0.25, 0.3) is 0 Å². The van der Waals surface area contributed by atoms with E-state index in [1.54, 1.807) is 36.4 Å². The molecule has 0 saturated carbocycles. The molecule has 6 nitrogen and oxygen atoms in total. The van der Waals surface area contributed by atoms with Crippen LogP contribution < -0.4 is 4.74 Å². The molecule has 1 N–H and O–H groups in total. The molecule has 160 valence electrons. The van der Waals surface area contributed by atoms with E-state index in [2.05, 4.69) is 10.1 Å². The number of rotatable bonds is 7. The van der Waals surface area contributed by atoms with Gasteiger partial charge in [-0.3, -0.25) is 0 Å². The van der Waals surface area contributed by atoms with Gasteiger partial charge in [0.2, 0.25) is 5.88 Å². The summed E-state index contributed by atoms with van der Waals surface area (Å²) in [5, 5.41) is 13.3. The summed E-state index contributed by atoms with van der Waals surface area (Å²) in [5.41, 5.74) is 2.16. The SMILES string of the molecule is O=C(O)c1ccnc(-n2nccc2OCc2ccc(F)cc2C=Cc2ccc(F)cc2)c1. The minimum Gasteiger partial charge on any atom is -0.478 e. The van der Waals surface area contributed by atoms with E-state index in [-0.39, 0.29) is 18.0 Å². The normalized spacial score (nSPS) is 11.1. The van der Waals surface area contributed by atoms with Crippen molar-refractivity contribution in [2.45, 2.75) is 6.61 Å². The predicted molar refractivity (Wildman–Crippen MR) is 114 cm³/mol. The van der Waals surface area contributed by atoms with Gasteiger partial charge in [-0.15, -0.1) is 0 Å². The second-order valence-corrected chi connectivity index (χ2v) is 6.81. The van der Waals surface area contributed by atoms with Crippen molar-refractivity contribution in [3.8, 4) is 11.7 Å². The van der Waals surface area contributed by atoms with E-state index in [9.17, 15) is 18.7 Å². The Bertz CT molecular complexity index is 1280. The molecule has 4 aromatic rings. The number of aromatic nitrogens is 3. The fourth-order valence-corrected chi connectivity index (χ4v) is 3.00. The Kier molecular flexibility index (Phi) is 6.03. The molecule has 8 heteroatoms. The number of hydrogen-bond acceptors (Lipinski definition) is 4. The zero-order valence-electron chi connectivity index (χ0n) is 16.7. The maximum Gasteiger partial charge on any atom is 0.335 e. The van der Waals surface area contributed by atoms with Crippen molar-refractivity contribution in [1.82, 2.24) is 14.8 Å². The molecule has 32 heavy (non-hydrogen) atoms. The molecule has 0 aliphatic carbocycles. The topological polar surface area (TPSA) is 77.2 Å². The van der Waals surface area contributed by atoms with Crippen LogP contribution in [0.1, 0.15) is 27.0 Å². The molecule has 2 aromatic heterocycles. The summed E-state index contributed by atoms with van der Waals surface area (Å²) in [7, 11) is 0.